The van der Waals surface area contributed by atoms with Crippen molar-refractivity contribution in [3.63, 3.8) is 0 Å². The van der Waals surface area contributed by atoms with E-state index in [-0.39, 0.29) is 0 Å². The molecule has 0 radical (unpaired) electrons. The van der Waals surface area contributed by atoms with Gasteiger partial charge >= 0.3 is 0 Å². The molecule has 0 bridgehead atoms. The molecular formula is C27H30N6OS. The second-order valence-electron chi connectivity index (χ2n) is 9.65. The van der Waals surface area contributed by atoms with Gasteiger partial charge < -0.3 is 14.6 Å². The summed E-state index contributed by atoms with van der Waals surface area (Å²) < 4.78 is 10.9. The first kappa shape index (κ1) is 22.1. The molecule has 1 fully saturated rings. The Kier molecular flexibility index (Phi) is 5.68. The molecule has 1 aliphatic rings. The van der Waals surface area contributed by atoms with Crippen molar-refractivity contribution in [2.75, 3.05) is 12.4 Å². The molecule has 35 heavy (non-hydrogen) atoms. The standard InChI is InChI=1S/C27H30N6OS/c1-17-6-4-5-7-21(17)30-27-31-22-9-8-18(10-26(22)35-27)14-33-16-28-23-11-20(19-13-29-32(2)15-19)25(34-3)12-24(23)33/h8-13,15-17,21H,4-7,14H2,1-3H3,(H,30,31). The molecular weight excluding hydrogens is 456 g/mol. The lowest BCUT2D eigenvalue weighted by atomic mass is 9.86. The summed E-state index contributed by atoms with van der Waals surface area (Å²) in [7, 11) is 3.62. The molecule has 1 saturated carbocycles. The van der Waals surface area contributed by atoms with Crippen LogP contribution in [0.1, 0.15) is 38.2 Å². The third kappa shape index (κ3) is 4.27. The van der Waals surface area contributed by atoms with E-state index in [2.05, 4.69) is 57.2 Å². The van der Waals surface area contributed by atoms with E-state index in [1.807, 2.05) is 25.8 Å². The number of hydrogen-bond acceptors (Lipinski definition) is 6. The molecule has 0 spiro atoms. The fourth-order valence-electron chi connectivity index (χ4n) is 5.18. The van der Waals surface area contributed by atoms with Crippen LogP contribution in [0.2, 0.25) is 0 Å². The molecule has 0 aliphatic heterocycles. The zero-order chi connectivity index (χ0) is 23.9. The normalized spacial score (nSPS) is 18.4. The number of aromatic nitrogens is 5. The summed E-state index contributed by atoms with van der Waals surface area (Å²) in [6, 6.07) is 11.3. The van der Waals surface area contributed by atoms with Crippen molar-refractivity contribution in [3.8, 4) is 16.9 Å². The lowest BCUT2D eigenvalue weighted by Gasteiger charge is -2.29. The molecule has 6 rings (SSSR count). The van der Waals surface area contributed by atoms with Gasteiger partial charge in [-0.2, -0.15) is 5.10 Å². The molecule has 0 amide bonds. The maximum absolute atomic E-state index is 5.73. The number of anilines is 1. The van der Waals surface area contributed by atoms with E-state index >= 15 is 0 Å². The fourth-order valence-corrected chi connectivity index (χ4v) is 6.17. The minimum Gasteiger partial charge on any atom is -0.496 e. The number of imidazole rings is 1. The van der Waals surface area contributed by atoms with Crippen LogP contribution in [-0.4, -0.2) is 37.5 Å². The Morgan fingerprint density at radius 3 is 2.83 bits per heavy atom. The second kappa shape index (κ2) is 9.00. The van der Waals surface area contributed by atoms with Crippen molar-refractivity contribution in [1.29, 1.82) is 0 Å². The van der Waals surface area contributed by atoms with E-state index in [0.717, 1.165) is 45.1 Å². The highest BCUT2D eigenvalue weighted by molar-refractivity contribution is 7.22. The third-order valence-corrected chi connectivity index (χ3v) is 8.13. The highest BCUT2D eigenvalue weighted by Gasteiger charge is 2.22. The largest absolute Gasteiger partial charge is 0.496 e. The van der Waals surface area contributed by atoms with Gasteiger partial charge in [0.2, 0.25) is 0 Å². The zero-order valence-corrected chi connectivity index (χ0v) is 21.2. The molecule has 7 nitrogen and oxygen atoms in total. The van der Waals surface area contributed by atoms with Crippen molar-refractivity contribution in [2.24, 2.45) is 13.0 Å². The topological polar surface area (TPSA) is 69.8 Å². The maximum atomic E-state index is 5.73. The van der Waals surface area contributed by atoms with Gasteiger partial charge in [0.1, 0.15) is 5.75 Å². The van der Waals surface area contributed by atoms with Crippen molar-refractivity contribution in [3.05, 3.63) is 54.6 Å². The lowest BCUT2D eigenvalue weighted by molar-refractivity contribution is 0.349. The molecule has 5 aromatic rings. The SMILES string of the molecule is COc1cc2c(cc1-c1cnn(C)c1)ncn2Cc1ccc2nc(NC3CCCCC3C)sc2c1. The van der Waals surface area contributed by atoms with Crippen LogP contribution in [0.4, 0.5) is 5.13 Å². The van der Waals surface area contributed by atoms with Crippen molar-refractivity contribution in [1.82, 2.24) is 24.3 Å². The van der Waals surface area contributed by atoms with Crippen LogP contribution in [-0.2, 0) is 13.6 Å². The molecule has 2 atom stereocenters. The summed E-state index contributed by atoms with van der Waals surface area (Å²) in [6.45, 7) is 3.09. The Bertz CT molecular complexity index is 1500. The Balaban J connectivity index is 1.27. The second-order valence-corrected chi connectivity index (χ2v) is 10.7. The van der Waals surface area contributed by atoms with E-state index in [1.54, 1.807) is 23.1 Å². The predicted octanol–water partition coefficient (Wildman–Crippen LogP) is 6.09. The Labute approximate surface area is 208 Å². The number of nitrogens with one attached hydrogen (secondary N) is 1. The van der Waals surface area contributed by atoms with E-state index < -0.39 is 0 Å². The highest BCUT2D eigenvalue weighted by Crippen LogP contribution is 2.35. The van der Waals surface area contributed by atoms with E-state index in [9.17, 15) is 0 Å². The number of aryl methyl sites for hydroxylation is 1. The van der Waals surface area contributed by atoms with Gasteiger partial charge in [0.15, 0.2) is 5.13 Å². The molecule has 1 N–H and O–H groups in total. The van der Waals surface area contributed by atoms with Gasteiger partial charge in [-0.3, -0.25) is 4.68 Å². The average Bonchev–Trinajstić information content (AvgIpc) is 3.57. The third-order valence-electron chi connectivity index (χ3n) is 7.18. The first-order valence-corrected chi connectivity index (χ1v) is 13.1. The molecule has 2 unspecified atom stereocenters. The van der Waals surface area contributed by atoms with Crippen LogP contribution >= 0.6 is 11.3 Å². The van der Waals surface area contributed by atoms with Gasteiger partial charge in [-0.05, 0) is 42.5 Å². The van der Waals surface area contributed by atoms with Crippen LogP contribution < -0.4 is 10.1 Å². The van der Waals surface area contributed by atoms with Crippen LogP contribution in [0.3, 0.4) is 0 Å². The van der Waals surface area contributed by atoms with E-state index in [4.69, 9.17) is 9.72 Å². The summed E-state index contributed by atoms with van der Waals surface area (Å²) in [6.07, 6.45) is 11.0. The summed E-state index contributed by atoms with van der Waals surface area (Å²) in [5.41, 5.74) is 6.29. The molecule has 8 heteroatoms. The van der Waals surface area contributed by atoms with E-state index in [1.165, 1.54) is 35.9 Å². The fraction of sp³-hybridized carbons (Fsp3) is 0.370. The Morgan fingerprint density at radius 2 is 2.03 bits per heavy atom. The number of ether oxygens (including phenoxy) is 1. The van der Waals surface area contributed by atoms with Gasteiger partial charge in [-0.15, -0.1) is 0 Å². The molecule has 1 aliphatic carbocycles. The summed E-state index contributed by atoms with van der Waals surface area (Å²) in [4.78, 5) is 9.54. The molecule has 180 valence electrons. The number of thiazole rings is 1. The quantitative estimate of drug-likeness (QED) is 0.314. The van der Waals surface area contributed by atoms with Gasteiger partial charge in [0, 0.05) is 43.0 Å². The van der Waals surface area contributed by atoms with Gasteiger partial charge in [0.25, 0.3) is 0 Å². The Morgan fingerprint density at radius 1 is 1.14 bits per heavy atom. The average molecular weight is 487 g/mol. The monoisotopic (exact) mass is 486 g/mol. The smallest absolute Gasteiger partial charge is 0.184 e. The molecule has 2 aromatic carbocycles. The maximum Gasteiger partial charge on any atom is 0.184 e. The van der Waals surface area contributed by atoms with Gasteiger partial charge in [0.05, 0.1) is 40.9 Å². The predicted molar refractivity (Wildman–Crippen MR) is 142 cm³/mol. The van der Waals surface area contributed by atoms with Gasteiger partial charge in [-0.25, -0.2) is 9.97 Å². The van der Waals surface area contributed by atoms with Crippen LogP contribution in [0.15, 0.2) is 49.1 Å². The minimum atomic E-state index is 0.535. The number of fused-ring (bicyclic) bond motifs is 2. The summed E-state index contributed by atoms with van der Waals surface area (Å²) in [5.74, 6) is 1.52. The van der Waals surface area contributed by atoms with Gasteiger partial charge in [-0.1, -0.05) is 37.2 Å². The van der Waals surface area contributed by atoms with Crippen molar-refractivity contribution in [2.45, 2.75) is 45.2 Å². The number of nitrogens with zero attached hydrogens (tertiary/aromatic N) is 5. The molecule has 0 saturated heterocycles. The number of benzene rings is 2. The van der Waals surface area contributed by atoms with Crippen molar-refractivity contribution < 1.29 is 4.74 Å². The summed E-state index contributed by atoms with van der Waals surface area (Å²) in [5, 5.41) is 9.05. The van der Waals surface area contributed by atoms with E-state index in [0.29, 0.717) is 12.0 Å². The first-order chi connectivity index (χ1) is 17.1. The minimum absolute atomic E-state index is 0.535. The van der Waals surface area contributed by atoms with Crippen LogP contribution in [0.25, 0.3) is 32.4 Å². The van der Waals surface area contributed by atoms with Crippen LogP contribution in [0, 0.1) is 5.92 Å². The lowest BCUT2D eigenvalue weighted by Crippen LogP contribution is -2.30. The van der Waals surface area contributed by atoms with Crippen LogP contribution in [0.5, 0.6) is 5.75 Å². The number of methoxy groups -OCH3 is 1. The number of rotatable bonds is 6. The highest BCUT2D eigenvalue weighted by atomic mass is 32.1. The summed E-state index contributed by atoms with van der Waals surface area (Å²) >= 11 is 1.76. The molecule has 3 aromatic heterocycles. The van der Waals surface area contributed by atoms with Crippen molar-refractivity contribution >= 4 is 37.7 Å². The molecule has 3 heterocycles. The number of hydrogen-bond donors (Lipinski definition) is 1. The Hall–Kier alpha value is -3.39. The first-order valence-electron chi connectivity index (χ1n) is 12.3. The zero-order valence-electron chi connectivity index (χ0n) is 20.4.